The number of benzene rings is 2. The van der Waals surface area contributed by atoms with Crippen LogP contribution in [-0.2, 0) is 32.0 Å². The number of hydrogen-bond donors (Lipinski definition) is 4. The number of rotatable bonds is 6. The number of amides is 2. The number of hydrogen-bond acceptors (Lipinski definition) is 6. The van der Waals surface area contributed by atoms with Crippen LogP contribution in [0.1, 0.15) is 36.8 Å². The lowest BCUT2D eigenvalue weighted by Crippen LogP contribution is -2.86. The Bertz CT molecular complexity index is 883. The molecule has 2 aromatic rings. The van der Waals surface area contributed by atoms with E-state index in [1.165, 1.54) is 0 Å². The monoisotopic (exact) mass is 546 g/mol. The fourth-order valence-corrected chi connectivity index (χ4v) is 3.95. The van der Waals surface area contributed by atoms with E-state index in [4.69, 9.17) is 11.5 Å². The number of carbonyl (C=O) groups excluding carboxylic acids is 4. The number of carboxylic acids is 2. The van der Waals surface area contributed by atoms with Crippen molar-refractivity contribution in [3.63, 3.8) is 0 Å². The summed E-state index contributed by atoms with van der Waals surface area (Å²) in [4.78, 5) is 41.2. The summed E-state index contributed by atoms with van der Waals surface area (Å²) in [5.41, 5.74) is 11.8. The second kappa shape index (κ2) is 21.2. The minimum Gasteiger partial charge on any atom is -0.550 e. The largest absolute Gasteiger partial charge is 0.550 e. The van der Waals surface area contributed by atoms with Crippen LogP contribution in [0.5, 0.6) is 0 Å². The minimum atomic E-state index is -1.04. The zero-order valence-corrected chi connectivity index (χ0v) is 22.3. The van der Waals surface area contributed by atoms with Crippen molar-refractivity contribution in [1.82, 2.24) is 0 Å². The molecule has 4 rings (SSSR count). The second-order valence-electron chi connectivity index (χ2n) is 9.15. The normalized spacial score (nSPS) is 14.8. The van der Waals surface area contributed by atoms with Gasteiger partial charge in [-0.3, -0.25) is 9.59 Å². The number of carboxylic acid groups (broad SMARTS) is 2. The molecule has 0 aliphatic carbocycles. The maximum Gasteiger partial charge on any atom is 0.220 e. The number of carbonyl (C=O) groups is 4. The molecule has 216 valence electrons. The lowest BCUT2D eigenvalue weighted by molar-refractivity contribution is -0.664. The molecule has 0 unspecified atom stereocenters. The molecule has 2 aliphatic heterocycles. The van der Waals surface area contributed by atoms with Crippen LogP contribution in [0.3, 0.4) is 0 Å². The summed E-state index contributed by atoms with van der Waals surface area (Å²) in [5, 5.41) is 24.6. The third-order valence-electron chi connectivity index (χ3n) is 6.06. The molecule has 0 radical (unpaired) electrons. The van der Waals surface area contributed by atoms with Crippen LogP contribution in [0.4, 0.5) is 0 Å². The average molecular weight is 547 g/mol. The Morgan fingerprint density at radius 1 is 0.615 bits per heavy atom. The molecule has 0 aromatic heterocycles. The van der Waals surface area contributed by atoms with Gasteiger partial charge in [0.25, 0.3) is 0 Å². The van der Waals surface area contributed by atoms with Crippen LogP contribution in [0.15, 0.2) is 60.7 Å². The Balaban J connectivity index is 0.000000490. The van der Waals surface area contributed by atoms with Crippen molar-refractivity contribution in [2.24, 2.45) is 23.3 Å². The predicted molar refractivity (Wildman–Crippen MR) is 141 cm³/mol. The van der Waals surface area contributed by atoms with E-state index in [1.807, 2.05) is 12.1 Å². The quantitative estimate of drug-likeness (QED) is 0.282. The summed E-state index contributed by atoms with van der Waals surface area (Å²) >= 11 is 0. The molecule has 0 saturated carbocycles. The van der Waals surface area contributed by atoms with Crippen molar-refractivity contribution in [2.75, 3.05) is 26.2 Å². The van der Waals surface area contributed by atoms with Gasteiger partial charge in [-0.25, -0.2) is 0 Å². The first-order valence-electron chi connectivity index (χ1n) is 12.9. The standard InChI is InChI=1S/2C8H8O2.2C6H12N2O.H2O/c2*9-8(10)6-7-4-2-1-3-5-7;2*7-6(9)5-1-3-8-4-2-5;/h2*1-5H,6H2,(H,9,10);2*5,8H,1-4H2,(H2,7,9);1H2. The first-order chi connectivity index (χ1) is 18.2. The number of primary amides is 2. The van der Waals surface area contributed by atoms with E-state index in [2.05, 4.69) is 10.6 Å². The molecule has 10 N–H and O–H groups in total. The van der Waals surface area contributed by atoms with Crippen LogP contribution in [-0.4, -0.2) is 55.4 Å². The molecule has 2 saturated heterocycles. The third-order valence-corrected chi connectivity index (χ3v) is 6.06. The van der Waals surface area contributed by atoms with Gasteiger partial charge in [-0.05, 0) is 11.1 Å². The maximum atomic E-state index is 10.6. The van der Waals surface area contributed by atoms with Crippen LogP contribution >= 0.6 is 0 Å². The van der Waals surface area contributed by atoms with E-state index in [0.29, 0.717) is 0 Å². The lowest BCUT2D eigenvalue weighted by Gasteiger charge is -2.16. The molecule has 11 heteroatoms. The maximum absolute atomic E-state index is 10.6. The predicted octanol–water partition coefficient (Wildman–Crippen LogP) is -3.98. The van der Waals surface area contributed by atoms with Crippen molar-refractivity contribution in [3.8, 4) is 0 Å². The highest BCUT2D eigenvalue weighted by molar-refractivity contribution is 5.77. The summed E-state index contributed by atoms with van der Waals surface area (Å²) in [6.07, 6.45) is 3.87. The van der Waals surface area contributed by atoms with Crippen LogP contribution in [0, 0.1) is 11.8 Å². The van der Waals surface area contributed by atoms with Crippen LogP contribution < -0.4 is 32.3 Å². The Kier molecular flexibility index (Phi) is 19.1. The van der Waals surface area contributed by atoms with E-state index in [-0.39, 0.29) is 42.0 Å². The van der Waals surface area contributed by atoms with E-state index in [1.54, 1.807) is 48.5 Å². The Hall–Kier alpha value is -3.80. The second-order valence-corrected chi connectivity index (χ2v) is 9.15. The van der Waals surface area contributed by atoms with E-state index in [9.17, 15) is 29.4 Å². The molecule has 11 nitrogen and oxygen atoms in total. The van der Waals surface area contributed by atoms with Gasteiger partial charge in [-0.15, -0.1) is 0 Å². The van der Waals surface area contributed by atoms with Gasteiger partial charge in [0.05, 0.1) is 26.2 Å². The van der Waals surface area contributed by atoms with Crippen LogP contribution in [0.2, 0.25) is 0 Å². The SMILES string of the molecule is NC(=O)C1CC[NH2+]CC1.NC(=O)C1CC[NH2+]CC1.O.O=C([O-])Cc1ccccc1.O=C([O-])Cc1ccccc1. The van der Waals surface area contributed by atoms with Crippen molar-refractivity contribution < 1.29 is 45.5 Å². The van der Waals surface area contributed by atoms with Gasteiger partial charge in [0, 0.05) is 62.3 Å². The smallest absolute Gasteiger partial charge is 0.220 e. The highest BCUT2D eigenvalue weighted by Crippen LogP contribution is 2.07. The van der Waals surface area contributed by atoms with Crippen molar-refractivity contribution in [2.45, 2.75) is 38.5 Å². The van der Waals surface area contributed by atoms with Gasteiger partial charge in [0.1, 0.15) is 0 Å². The third kappa shape index (κ3) is 18.2. The van der Waals surface area contributed by atoms with Gasteiger partial charge in [-0.2, -0.15) is 0 Å². The first-order valence-corrected chi connectivity index (χ1v) is 12.9. The minimum absolute atomic E-state index is 0. The fraction of sp³-hybridized carbons (Fsp3) is 0.429. The number of nitrogens with two attached hydrogens (primary N) is 4. The molecular weight excluding hydrogens is 504 g/mol. The van der Waals surface area contributed by atoms with E-state index < -0.39 is 11.9 Å². The summed E-state index contributed by atoms with van der Waals surface area (Å²) in [5.74, 6) is -1.99. The van der Waals surface area contributed by atoms with Gasteiger partial charge in [0.15, 0.2) is 0 Å². The Morgan fingerprint density at radius 3 is 1.10 bits per heavy atom. The van der Waals surface area contributed by atoms with Gasteiger partial charge in [0.2, 0.25) is 11.8 Å². The number of piperidine rings is 2. The van der Waals surface area contributed by atoms with Crippen molar-refractivity contribution in [3.05, 3.63) is 71.8 Å². The molecule has 39 heavy (non-hydrogen) atoms. The molecule has 2 amide bonds. The molecule has 2 aromatic carbocycles. The van der Waals surface area contributed by atoms with Gasteiger partial charge in [-0.1, -0.05) is 60.7 Å². The zero-order valence-electron chi connectivity index (χ0n) is 22.3. The van der Waals surface area contributed by atoms with Crippen LogP contribution in [0.25, 0.3) is 0 Å². The molecule has 0 spiro atoms. The van der Waals surface area contributed by atoms with E-state index in [0.717, 1.165) is 63.0 Å². The van der Waals surface area contributed by atoms with Gasteiger partial charge < -0.3 is 47.4 Å². The molecule has 2 aliphatic rings. The Labute approximate surface area is 229 Å². The zero-order chi connectivity index (χ0) is 28.2. The molecule has 2 fully saturated rings. The molecule has 2 heterocycles. The molecule has 0 atom stereocenters. The summed E-state index contributed by atoms with van der Waals surface area (Å²) in [6, 6.07) is 17.9. The lowest BCUT2D eigenvalue weighted by atomic mass is 9.98. The van der Waals surface area contributed by atoms with Crippen molar-refractivity contribution >= 4 is 23.8 Å². The summed E-state index contributed by atoms with van der Waals surface area (Å²) < 4.78 is 0. The highest BCUT2D eigenvalue weighted by atomic mass is 16.4. The van der Waals surface area contributed by atoms with Gasteiger partial charge >= 0.3 is 0 Å². The Morgan fingerprint density at radius 2 is 0.897 bits per heavy atom. The number of quaternary nitrogens is 2. The molecular formula is C28H42N4O7. The summed E-state index contributed by atoms with van der Waals surface area (Å²) in [6.45, 7) is 4.25. The van der Waals surface area contributed by atoms with E-state index >= 15 is 0 Å². The van der Waals surface area contributed by atoms with Crippen molar-refractivity contribution in [1.29, 1.82) is 0 Å². The average Bonchev–Trinajstić information content (AvgIpc) is 2.91. The molecule has 0 bridgehead atoms. The first kappa shape index (κ1) is 35.2. The fourth-order valence-electron chi connectivity index (χ4n) is 3.95. The number of aliphatic carboxylic acids is 2. The topological polar surface area (TPSA) is 231 Å². The highest BCUT2D eigenvalue weighted by Gasteiger charge is 2.20. The summed E-state index contributed by atoms with van der Waals surface area (Å²) in [7, 11) is 0.